The number of aromatic nitrogens is 1. The van der Waals surface area contributed by atoms with E-state index in [0.717, 1.165) is 24.1 Å². The molecule has 2 heterocycles. The van der Waals surface area contributed by atoms with E-state index >= 15 is 0 Å². The summed E-state index contributed by atoms with van der Waals surface area (Å²) in [5.41, 5.74) is 6.74. The van der Waals surface area contributed by atoms with Crippen LogP contribution in [0.2, 0.25) is 0 Å². The molecule has 1 aliphatic heterocycles. The van der Waals surface area contributed by atoms with Crippen molar-refractivity contribution in [3.05, 3.63) is 36.0 Å². The van der Waals surface area contributed by atoms with Gasteiger partial charge in [-0.2, -0.15) is 8.42 Å². The first-order valence-corrected chi connectivity index (χ1v) is 10.6. The highest BCUT2D eigenvalue weighted by Gasteiger charge is 2.28. The van der Waals surface area contributed by atoms with Crippen LogP contribution in [0.5, 0.6) is 0 Å². The average molecular weight is 398 g/mol. The standard InChI is InChI=1S/C13H15BN4O6S2/c1-25(20,21)18-12-4-9(15)6-16-13(12)26(22,23)17-10-3-2-8-7-24-14(19)11(8)5-10/h2-6,17-19H,7,15H2,1H3. The highest BCUT2D eigenvalue weighted by atomic mass is 32.2. The Morgan fingerprint density at radius 3 is 2.65 bits per heavy atom. The molecule has 10 nitrogen and oxygen atoms in total. The van der Waals surface area contributed by atoms with Crippen molar-refractivity contribution in [1.82, 2.24) is 4.98 Å². The van der Waals surface area contributed by atoms with Gasteiger partial charge < -0.3 is 15.4 Å². The second-order valence-corrected chi connectivity index (χ2v) is 9.02. The van der Waals surface area contributed by atoms with Crippen LogP contribution in [0, 0.1) is 0 Å². The molecule has 0 saturated carbocycles. The van der Waals surface area contributed by atoms with Gasteiger partial charge in [0, 0.05) is 5.69 Å². The zero-order chi connectivity index (χ0) is 19.1. The highest BCUT2D eigenvalue weighted by molar-refractivity contribution is 7.93. The molecule has 0 amide bonds. The Hall–Kier alpha value is -2.35. The second kappa shape index (κ2) is 6.43. The lowest BCUT2D eigenvalue weighted by molar-refractivity contribution is 0.275. The van der Waals surface area contributed by atoms with Gasteiger partial charge in [-0.05, 0) is 29.2 Å². The molecule has 0 unspecified atom stereocenters. The van der Waals surface area contributed by atoms with Gasteiger partial charge in [-0.25, -0.2) is 13.4 Å². The summed E-state index contributed by atoms with van der Waals surface area (Å²) in [6.45, 7) is 0.228. The van der Waals surface area contributed by atoms with Gasteiger partial charge in [0.15, 0.2) is 5.03 Å². The average Bonchev–Trinajstić information content (AvgIpc) is 2.86. The van der Waals surface area contributed by atoms with Crippen molar-refractivity contribution in [3.8, 4) is 0 Å². The number of benzene rings is 1. The van der Waals surface area contributed by atoms with Crippen LogP contribution >= 0.6 is 0 Å². The van der Waals surface area contributed by atoms with E-state index in [-0.39, 0.29) is 23.7 Å². The molecule has 1 aromatic carbocycles. The number of nitrogens with two attached hydrogens (primary N) is 1. The van der Waals surface area contributed by atoms with E-state index in [2.05, 4.69) is 14.4 Å². The fraction of sp³-hybridized carbons (Fsp3) is 0.154. The molecular weight excluding hydrogens is 383 g/mol. The summed E-state index contributed by atoms with van der Waals surface area (Å²) in [4.78, 5) is 3.74. The number of sulfonamides is 2. The lowest BCUT2D eigenvalue weighted by Crippen LogP contribution is -2.28. The quantitative estimate of drug-likeness (QED) is 0.469. The molecule has 0 saturated heterocycles. The van der Waals surface area contributed by atoms with Crippen molar-refractivity contribution in [2.45, 2.75) is 11.6 Å². The van der Waals surface area contributed by atoms with Gasteiger partial charge >= 0.3 is 7.12 Å². The smallest absolute Gasteiger partial charge is 0.423 e. The Labute approximate surface area is 150 Å². The maximum Gasteiger partial charge on any atom is 0.491 e. The van der Waals surface area contributed by atoms with Crippen LogP contribution in [0.3, 0.4) is 0 Å². The Bertz CT molecular complexity index is 1070. The van der Waals surface area contributed by atoms with Gasteiger partial charge in [-0.15, -0.1) is 0 Å². The monoisotopic (exact) mass is 398 g/mol. The molecule has 138 valence electrons. The number of nitrogens with zero attached hydrogens (tertiary/aromatic N) is 1. The van der Waals surface area contributed by atoms with Crippen LogP contribution in [0.15, 0.2) is 35.5 Å². The molecule has 0 radical (unpaired) electrons. The maximum atomic E-state index is 12.7. The molecule has 0 fully saturated rings. The first-order valence-electron chi connectivity index (χ1n) is 7.24. The van der Waals surface area contributed by atoms with Crippen LogP contribution in [-0.2, 0) is 31.3 Å². The number of hydrogen-bond donors (Lipinski definition) is 4. The van der Waals surface area contributed by atoms with E-state index in [4.69, 9.17) is 10.4 Å². The van der Waals surface area contributed by atoms with Crippen molar-refractivity contribution < 1.29 is 26.5 Å². The van der Waals surface area contributed by atoms with Gasteiger partial charge in [0.25, 0.3) is 10.0 Å². The molecule has 13 heteroatoms. The second-order valence-electron chi connectivity index (χ2n) is 5.68. The summed E-state index contributed by atoms with van der Waals surface area (Å²) >= 11 is 0. The van der Waals surface area contributed by atoms with Gasteiger partial charge in [-0.3, -0.25) is 9.44 Å². The van der Waals surface area contributed by atoms with Crippen LogP contribution in [0.4, 0.5) is 17.1 Å². The van der Waals surface area contributed by atoms with Crippen molar-refractivity contribution in [2.24, 2.45) is 0 Å². The lowest BCUT2D eigenvalue weighted by Gasteiger charge is -2.13. The molecule has 0 bridgehead atoms. The van der Waals surface area contributed by atoms with E-state index in [9.17, 15) is 21.9 Å². The molecule has 3 rings (SSSR count). The topological polar surface area (TPSA) is 161 Å². The van der Waals surface area contributed by atoms with Crippen molar-refractivity contribution in [3.63, 3.8) is 0 Å². The zero-order valence-corrected chi connectivity index (χ0v) is 15.1. The fourth-order valence-electron chi connectivity index (χ4n) is 2.44. The van der Waals surface area contributed by atoms with Crippen molar-refractivity contribution in [2.75, 3.05) is 21.4 Å². The Morgan fingerprint density at radius 2 is 1.96 bits per heavy atom. The Kier molecular flexibility index (Phi) is 4.56. The molecule has 0 aliphatic carbocycles. The fourth-order valence-corrected chi connectivity index (χ4v) is 4.18. The van der Waals surface area contributed by atoms with Crippen LogP contribution in [0.1, 0.15) is 5.56 Å². The van der Waals surface area contributed by atoms with E-state index in [1.807, 2.05) is 0 Å². The van der Waals surface area contributed by atoms with Crippen LogP contribution in [-0.4, -0.2) is 40.2 Å². The summed E-state index contributed by atoms with van der Waals surface area (Å²) < 4.78 is 57.7. The minimum atomic E-state index is -4.23. The largest absolute Gasteiger partial charge is 0.491 e. The summed E-state index contributed by atoms with van der Waals surface area (Å²) in [7, 11) is -9.12. The van der Waals surface area contributed by atoms with E-state index in [0.29, 0.717) is 5.46 Å². The number of nitrogens with one attached hydrogen (secondary N) is 2. The minimum Gasteiger partial charge on any atom is -0.423 e. The zero-order valence-electron chi connectivity index (χ0n) is 13.5. The Morgan fingerprint density at radius 1 is 1.23 bits per heavy atom. The van der Waals surface area contributed by atoms with E-state index < -0.39 is 32.2 Å². The predicted octanol–water partition coefficient (Wildman–Crippen LogP) is -0.946. The summed E-state index contributed by atoms with van der Waals surface area (Å²) in [5.74, 6) is 0. The number of hydrogen-bond acceptors (Lipinski definition) is 8. The third-order valence-electron chi connectivity index (χ3n) is 3.48. The number of anilines is 3. The molecule has 5 N–H and O–H groups in total. The summed E-state index contributed by atoms with van der Waals surface area (Å²) in [6.07, 6.45) is 1.98. The molecule has 26 heavy (non-hydrogen) atoms. The van der Waals surface area contributed by atoms with E-state index in [1.165, 1.54) is 12.1 Å². The van der Waals surface area contributed by atoms with Gasteiger partial charge in [0.2, 0.25) is 10.0 Å². The van der Waals surface area contributed by atoms with Gasteiger partial charge in [-0.1, -0.05) is 6.07 Å². The third kappa shape index (κ3) is 3.90. The van der Waals surface area contributed by atoms with Gasteiger partial charge in [0.1, 0.15) is 0 Å². The first kappa shape index (κ1) is 18.4. The Balaban J connectivity index is 1.98. The number of pyridine rings is 1. The van der Waals surface area contributed by atoms with Crippen molar-refractivity contribution in [1.29, 1.82) is 0 Å². The number of rotatable bonds is 5. The number of nitrogen functional groups attached to an aromatic ring is 1. The van der Waals surface area contributed by atoms with Crippen LogP contribution in [0.25, 0.3) is 0 Å². The highest BCUT2D eigenvalue weighted by Crippen LogP contribution is 2.25. The van der Waals surface area contributed by atoms with Gasteiger partial charge in [0.05, 0.1) is 30.4 Å². The van der Waals surface area contributed by atoms with E-state index in [1.54, 1.807) is 6.07 Å². The number of fused-ring (bicyclic) bond motifs is 1. The lowest BCUT2D eigenvalue weighted by atomic mass is 9.79. The molecule has 1 aliphatic rings. The molecule has 0 atom stereocenters. The predicted molar refractivity (Wildman–Crippen MR) is 96.8 cm³/mol. The SMILES string of the molecule is CS(=O)(=O)Nc1cc(N)cnc1S(=O)(=O)Nc1ccc2c(c1)B(O)OC2. The third-order valence-corrected chi connectivity index (χ3v) is 5.41. The first-order chi connectivity index (χ1) is 12.0. The summed E-state index contributed by atoms with van der Waals surface area (Å²) in [5, 5.41) is 9.19. The maximum absolute atomic E-state index is 12.7. The summed E-state index contributed by atoms with van der Waals surface area (Å²) in [6, 6.07) is 5.71. The minimum absolute atomic E-state index is 0.0906. The molecular formula is C13H15BN4O6S2. The molecule has 1 aromatic heterocycles. The van der Waals surface area contributed by atoms with Crippen LogP contribution < -0.4 is 20.6 Å². The van der Waals surface area contributed by atoms with Crippen molar-refractivity contribution >= 4 is 49.7 Å². The normalized spacial score (nSPS) is 14.2. The molecule has 0 spiro atoms. The molecule has 2 aromatic rings.